The number of benzene rings is 2. The van der Waals surface area contributed by atoms with E-state index >= 15 is 0 Å². The maximum absolute atomic E-state index is 12.2. The van der Waals surface area contributed by atoms with Gasteiger partial charge in [-0.3, -0.25) is 4.79 Å². The Morgan fingerprint density at radius 2 is 2.00 bits per heavy atom. The second kappa shape index (κ2) is 8.19. The molecule has 1 saturated heterocycles. The van der Waals surface area contributed by atoms with Crippen LogP contribution in [0.15, 0.2) is 52.7 Å². The van der Waals surface area contributed by atoms with Gasteiger partial charge in [0, 0.05) is 5.56 Å². The molecule has 0 aliphatic carbocycles. The molecule has 1 aliphatic rings. The van der Waals surface area contributed by atoms with Crippen molar-refractivity contribution in [2.45, 2.75) is 25.5 Å². The van der Waals surface area contributed by atoms with Crippen LogP contribution in [0.3, 0.4) is 0 Å². The van der Waals surface area contributed by atoms with Crippen LogP contribution in [-0.4, -0.2) is 29.6 Å². The van der Waals surface area contributed by atoms with Gasteiger partial charge in [-0.15, -0.1) is 5.10 Å². The van der Waals surface area contributed by atoms with Crippen molar-refractivity contribution in [2.24, 2.45) is 10.2 Å². The zero-order valence-corrected chi connectivity index (χ0v) is 15.8. The van der Waals surface area contributed by atoms with Gasteiger partial charge in [0.1, 0.15) is 5.75 Å². The monoisotopic (exact) mass is 367 g/mol. The Hall–Kier alpha value is -2.60. The van der Waals surface area contributed by atoms with Crippen molar-refractivity contribution in [2.75, 3.05) is 7.11 Å². The average molecular weight is 367 g/mol. The Morgan fingerprint density at radius 1 is 1.19 bits per heavy atom. The topological polar surface area (TPSA) is 63.1 Å². The predicted octanol–water partition coefficient (Wildman–Crippen LogP) is 3.48. The molecule has 26 heavy (non-hydrogen) atoms. The van der Waals surface area contributed by atoms with Gasteiger partial charge in [-0.25, -0.2) is 0 Å². The van der Waals surface area contributed by atoms with E-state index < -0.39 is 0 Å². The first kappa shape index (κ1) is 18.2. The molecule has 2 aromatic rings. The molecular weight excluding hydrogens is 346 g/mol. The van der Waals surface area contributed by atoms with Crippen LogP contribution in [0.1, 0.15) is 22.3 Å². The molecule has 2 aromatic carbocycles. The smallest absolute Gasteiger partial charge is 0.239 e. The van der Waals surface area contributed by atoms with Crippen molar-refractivity contribution in [3.05, 3.63) is 64.7 Å². The fraction of sp³-hybridized carbons (Fsp3) is 0.250. The van der Waals surface area contributed by atoms with Gasteiger partial charge in [0.15, 0.2) is 5.17 Å². The van der Waals surface area contributed by atoms with E-state index in [1.807, 2.05) is 24.3 Å². The summed E-state index contributed by atoms with van der Waals surface area (Å²) in [6, 6.07) is 13.9. The van der Waals surface area contributed by atoms with Gasteiger partial charge in [0.2, 0.25) is 5.91 Å². The molecule has 1 heterocycles. The molecule has 1 unspecified atom stereocenters. The molecule has 1 amide bonds. The van der Waals surface area contributed by atoms with Crippen LogP contribution in [0.2, 0.25) is 0 Å². The summed E-state index contributed by atoms with van der Waals surface area (Å²) >= 11 is 1.41. The third-order valence-corrected chi connectivity index (χ3v) is 5.33. The molecule has 1 fully saturated rings. The van der Waals surface area contributed by atoms with Crippen LogP contribution in [0.25, 0.3) is 0 Å². The number of amidine groups is 1. The van der Waals surface area contributed by atoms with Crippen LogP contribution in [-0.2, 0) is 11.2 Å². The quantitative estimate of drug-likeness (QED) is 0.650. The van der Waals surface area contributed by atoms with E-state index in [2.05, 4.69) is 47.6 Å². The fourth-order valence-corrected chi connectivity index (χ4v) is 3.61. The molecular formula is C20H21N3O2S. The van der Waals surface area contributed by atoms with E-state index in [0.717, 1.165) is 16.9 Å². The molecule has 0 bridgehead atoms. The number of aryl methyl sites for hydroxylation is 2. The van der Waals surface area contributed by atoms with Crippen molar-refractivity contribution in [1.82, 2.24) is 5.32 Å². The highest BCUT2D eigenvalue weighted by Crippen LogP contribution is 2.24. The molecule has 5 nitrogen and oxygen atoms in total. The van der Waals surface area contributed by atoms with Crippen molar-refractivity contribution in [3.8, 4) is 5.75 Å². The summed E-state index contributed by atoms with van der Waals surface area (Å²) in [4.78, 5) is 12.2. The number of ether oxygens (including phenoxy) is 1. The van der Waals surface area contributed by atoms with E-state index in [9.17, 15) is 4.79 Å². The molecule has 0 saturated carbocycles. The standard InChI is InChI=1S/C20H21N3O2S/c1-13-8-9-15(10-14(13)2)11-18-19(24)22-20(26-18)23-21-12-16-6-4-5-7-17(16)25-3/h4-10,12,18H,11H2,1-3H3,(H,22,23,24)/b21-12+. The van der Waals surface area contributed by atoms with Crippen molar-refractivity contribution in [3.63, 3.8) is 0 Å². The summed E-state index contributed by atoms with van der Waals surface area (Å²) in [7, 11) is 1.61. The minimum absolute atomic E-state index is 0.0283. The number of carbonyl (C=O) groups excluding carboxylic acids is 1. The first-order valence-corrected chi connectivity index (χ1v) is 9.22. The van der Waals surface area contributed by atoms with E-state index in [-0.39, 0.29) is 11.2 Å². The highest BCUT2D eigenvalue weighted by Gasteiger charge is 2.30. The van der Waals surface area contributed by atoms with Crippen molar-refractivity contribution < 1.29 is 9.53 Å². The van der Waals surface area contributed by atoms with Crippen LogP contribution < -0.4 is 10.1 Å². The molecule has 1 aliphatic heterocycles. The molecule has 0 radical (unpaired) electrons. The third-order valence-electron chi connectivity index (χ3n) is 4.25. The van der Waals surface area contributed by atoms with E-state index in [1.54, 1.807) is 13.3 Å². The summed E-state index contributed by atoms with van der Waals surface area (Å²) in [6.07, 6.45) is 2.29. The van der Waals surface area contributed by atoms with Gasteiger partial charge in [-0.1, -0.05) is 42.1 Å². The summed E-state index contributed by atoms with van der Waals surface area (Å²) in [6.45, 7) is 4.17. The van der Waals surface area contributed by atoms with Crippen LogP contribution in [0.4, 0.5) is 0 Å². The lowest BCUT2D eigenvalue weighted by Crippen LogP contribution is -2.26. The predicted molar refractivity (Wildman–Crippen MR) is 107 cm³/mol. The van der Waals surface area contributed by atoms with Crippen molar-refractivity contribution in [1.29, 1.82) is 0 Å². The Balaban J connectivity index is 1.66. The summed E-state index contributed by atoms with van der Waals surface area (Å²) in [5.41, 5.74) is 4.48. The maximum atomic E-state index is 12.2. The Bertz CT molecular complexity index is 877. The zero-order chi connectivity index (χ0) is 18.5. The summed E-state index contributed by atoms with van der Waals surface area (Å²) < 4.78 is 5.27. The normalized spacial score (nSPS) is 18.5. The molecule has 0 aromatic heterocycles. The molecule has 0 spiro atoms. The number of amides is 1. The minimum Gasteiger partial charge on any atom is -0.496 e. The number of hydrogen-bond donors (Lipinski definition) is 1. The average Bonchev–Trinajstić information content (AvgIpc) is 2.98. The van der Waals surface area contributed by atoms with E-state index in [1.165, 1.54) is 22.9 Å². The van der Waals surface area contributed by atoms with Crippen LogP contribution in [0, 0.1) is 13.8 Å². The number of nitrogens with zero attached hydrogens (tertiary/aromatic N) is 2. The number of carbonyl (C=O) groups is 1. The van der Waals surface area contributed by atoms with E-state index in [4.69, 9.17) is 4.74 Å². The SMILES string of the molecule is COc1ccccc1/C=N/N=C1/NC(=O)C(Cc2ccc(C)c(C)c2)S1. The van der Waals surface area contributed by atoms with Crippen LogP contribution in [0.5, 0.6) is 5.75 Å². The number of rotatable bonds is 5. The van der Waals surface area contributed by atoms with Gasteiger partial charge >= 0.3 is 0 Å². The first-order chi connectivity index (χ1) is 12.6. The zero-order valence-electron chi connectivity index (χ0n) is 15.0. The molecule has 134 valence electrons. The van der Waals surface area contributed by atoms with Crippen LogP contribution >= 0.6 is 11.8 Å². The Kier molecular flexibility index (Phi) is 5.73. The van der Waals surface area contributed by atoms with Gasteiger partial charge in [0.05, 0.1) is 18.6 Å². The molecule has 6 heteroatoms. The first-order valence-electron chi connectivity index (χ1n) is 8.34. The lowest BCUT2D eigenvalue weighted by atomic mass is 10.0. The van der Waals surface area contributed by atoms with Gasteiger partial charge in [0.25, 0.3) is 0 Å². The summed E-state index contributed by atoms with van der Waals surface area (Å²) in [5, 5.41) is 11.3. The molecule has 1 N–H and O–H groups in total. The van der Waals surface area contributed by atoms with Gasteiger partial charge < -0.3 is 10.1 Å². The highest BCUT2D eigenvalue weighted by atomic mass is 32.2. The lowest BCUT2D eigenvalue weighted by molar-refractivity contribution is -0.118. The van der Waals surface area contributed by atoms with E-state index in [0.29, 0.717) is 11.6 Å². The second-order valence-electron chi connectivity index (χ2n) is 6.11. The van der Waals surface area contributed by atoms with Gasteiger partial charge in [-0.2, -0.15) is 5.10 Å². The number of nitrogens with one attached hydrogen (secondary N) is 1. The largest absolute Gasteiger partial charge is 0.496 e. The Morgan fingerprint density at radius 3 is 2.77 bits per heavy atom. The number of methoxy groups -OCH3 is 1. The third kappa shape index (κ3) is 4.32. The number of thioether (sulfide) groups is 1. The summed E-state index contributed by atoms with van der Waals surface area (Å²) in [5.74, 6) is 0.701. The number of hydrogen-bond acceptors (Lipinski definition) is 5. The number of para-hydroxylation sites is 1. The molecule has 1 atom stereocenters. The lowest BCUT2D eigenvalue weighted by Gasteiger charge is -2.07. The Labute approximate surface area is 157 Å². The van der Waals surface area contributed by atoms with Crippen molar-refractivity contribution >= 4 is 29.1 Å². The second-order valence-corrected chi connectivity index (χ2v) is 7.30. The fourth-order valence-electron chi connectivity index (χ4n) is 2.65. The minimum atomic E-state index is -0.183. The molecule has 3 rings (SSSR count). The maximum Gasteiger partial charge on any atom is 0.239 e. The van der Waals surface area contributed by atoms with Gasteiger partial charge in [-0.05, 0) is 49.1 Å². The highest BCUT2D eigenvalue weighted by molar-refractivity contribution is 8.15.